The average Bonchev–Trinajstić information content (AvgIpc) is 3.81. The van der Waals surface area contributed by atoms with E-state index in [2.05, 4.69) is 224 Å². The molecule has 54 heavy (non-hydrogen) atoms. The van der Waals surface area contributed by atoms with Crippen molar-refractivity contribution in [2.75, 3.05) is 0 Å². The maximum atomic E-state index is 4.39. The zero-order chi connectivity index (χ0) is 38.4. The first-order chi connectivity index (χ1) is 25.2. The fourth-order valence-corrected chi connectivity index (χ4v) is 20.8. The van der Waals surface area contributed by atoms with E-state index in [4.69, 9.17) is 0 Å². The Balaban J connectivity index is 0.000000194. The Labute approximate surface area is 360 Å². The van der Waals surface area contributed by atoms with Crippen LogP contribution in [0.2, 0.25) is 0 Å². The van der Waals surface area contributed by atoms with Crippen molar-refractivity contribution in [1.82, 2.24) is 0 Å². The summed E-state index contributed by atoms with van der Waals surface area (Å²) in [6.45, 7) is 20.9. The molecule has 0 radical (unpaired) electrons. The molecule has 0 saturated carbocycles. The van der Waals surface area contributed by atoms with E-state index in [0.717, 1.165) is 17.0 Å². The van der Waals surface area contributed by atoms with Crippen LogP contribution in [0.5, 0.6) is 0 Å². The predicted molar refractivity (Wildman–Crippen MR) is 232 cm³/mol. The van der Waals surface area contributed by atoms with Gasteiger partial charge >= 0.3 is 42.1 Å². The Morgan fingerprint density at radius 2 is 1.04 bits per heavy atom. The molecule has 289 valence electrons. The minimum absolute atomic E-state index is 0. The molecule has 4 aromatic rings. The van der Waals surface area contributed by atoms with Crippen molar-refractivity contribution in [3.05, 3.63) is 172 Å². The van der Waals surface area contributed by atoms with Gasteiger partial charge in [-0.05, 0) is 124 Å². The molecule has 4 aliphatic heterocycles. The number of rotatable bonds is 4. The van der Waals surface area contributed by atoms with Crippen molar-refractivity contribution in [1.29, 1.82) is 0 Å². The average molecular weight is 1010 g/mol. The van der Waals surface area contributed by atoms with E-state index in [0.29, 0.717) is 11.3 Å². The molecule has 0 amide bonds. The van der Waals surface area contributed by atoms with Crippen molar-refractivity contribution in [2.24, 2.45) is 5.41 Å². The molecule has 8 rings (SSSR count). The summed E-state index contributed by atoms with van der Waals surface area (Å²) in [5, 5.41) is 4.75. The third-order valence-corrected chi connectivity index (χ3v) is 22.0. The second-order valence-electron chi connectivity index (χ2n) is 15.2. The van der Waals surface area contributed by atoms with Gasteiger partial charge in [0.15, 0.2) is 0 Å². The van der Waals surface area contributed by atoms with Gasteiger partial charge in [0.05, 0.1) is 57.2 Å². The maximum absolute atomic E-state index is 4.39. The van der Waals surface area contributed by atoms with Gasteiger partial charge in [-0.3, -0.25) is 0 Å². The first kappa shape index (κ1) is 45.9. The Morgan fingerprint density at radius 1 is 0.593 bits per heavy atom. The molecule has 0 N–H and O–H groups in total. The number of aryl methyl sites for hydroxylation is 1. The fraction of sp³-hybridized carbons (Fsp3) is 0.304. The molecule has 1 fully saturated rings. The first-order valence-corrected chi connectivity index (χ1v) is 30.7. The molecular formula is C46H59Cl3P3Ru2+6. The largest absolute Gasteiger partial charge is 0 e. The minimum Gasteiger partial charge on any atom is 0 e. The molecule has 0 spiro atoms. The van der Waals surface area contributed by atoms with E-state index < -0.39 is 36.7 Å². The van der Waals surface area contributed by atoms with Gasteiger partial charge < -0.3 is 0 Å². The summed E-state index contributed by atoms with van der Waals surface area (Å²) in [5.41, 5.74) is 13.6. The van der Waals surface area contributed by atoms with Crippen LogP contribution in [-0.4, -0.2) is 17.0 Å². The third-order valence-electron chi connectivity index (χ3n) is 11.7. The molecule has 0 nitrogen and oxygen atoms in total. The summed E-state index contributed by atoms with van der Waals surface area (Å²) in [6, 6.07) is 42.4. The van der Waals surface area contributed by atoms with E-state index in [-0.39, 0.29) is 19.5 Å². The Hall–Kier alpha value is -0.753. The Bertz CT molecular complexity index is 1920. The minimum atomic E-state index is -1.42. The quantitative estimate of drug-likeness (QED) is 0.109. The summed E-state index contributed by atoms with van der Waals surface area (Å²) in [6.07, 6.45) is 0. The summed E-state index contributed by atoms with van der Waals surface area (Å²) >= 11 is -1.42. The van der Waals surface area contributed by atoms with Gasteiger partial charge in [-0.15, -0.1) is 0 Å². The van der Waals surface area contributed by atoms with Crippen molar-refractivity contribution < 1.29 is 61.5 Å². The SMILES string of the molecule is CC1=C[PH+](c2ccccc2)C2C3C(C)=C(C)C([PH+]3c3ccccc3)C12C.CC1=C[PH+](c2ccccc2)C=C1C.Cc1ccc(C(C)C)cc1.[ClH+][Ru]([ClH+])[ClH+].[Ru]. The molecule has 8 heteroatoms. The number of hydrogen-bond acceptors (Lipinski definition) is 0. The van der Waals surface area contributed by atoms with Crippen LogP contribution in [-0.2, 0) is 32.5 Å². The fourth-order valence-electron chi connectivity index (χ4n) is 8.66. The summed E-state index contributed by atoms with van der Waals surface area (Å²) in [4.78, 5) is 0. The zero-order valence-electron chi connectivity index (χ0n) is 32.9. The van der Waals surface area contributed by atoms with Crippen molar-refractivity contribution in [3.63, 3.8) is 0 Å². The van der Waals surface area contributed by atoms with Crippen LogP contribution in [0.15, 0.2) is 161 Å². The number of allylic oxidation sites excluding steroid dienone is 5. The van der Waals surface area contributed by atoms with Gasteiger partial charge in [0.25, 0.3) is 0 Å². The van der Waals surface area contributed by atoms with Crippen LogP contribution in [0, 0.1) is 41.4 Å². The van der Waals surface area contributed by atoms with Crippen LogP contribution in [0.25, 0.3) is 0 Å². The monoisotopic (exact) mass is 1010 g/mol. The van der Waals surface area contributed by atoms with Crippen LogP contribution in [0.1, 0.15) is 72.4 Å². The second-order valence-corrected chi connectivity index (χ2v) is 31.6. The molecular weight excluding hydrogens is 954 g/mol. The van der Waals surface area contributed by atoms with Crippen LogP contribution < -0.4 is 15.9 Å². The Morgan fingerprint density at radius 3 is 1.50 bits per heavy atom. The molecule has 4 heterocycles. The van der Waals surface area contributed by atoms with Gasteiger partial charge in [0.2, 0.25) is 0 Å². The van der Waals surface area contributed by atoms with Crippen molar-refractivity contribution >= 4 is 39.7 Å². The van der Waals surface area contributed by atoms with Crippen LogP contribution in [0.4, 0.5) is 0 Å². The van der Waals surface area contributed by atoms with E-state index in [1.54, 1.807) is 27.3 Å². The predicted octanol–water partition coefficient (Wildman–Crippen LogP) is 11.1. The molecule has 0 aromatic heterocycles. The summed E-state index contributed by atoms with van der Waals surface area (Å²) < 4.78 is 0. The molecule has 1 saturated heterocycles. The molecule has 2 bridgehead atoms. The summed E-state index contributed by atoms with van der Waals surface area (Å²) in [7, 11) is 11.4. The number of fused-ring (bicyclic) bond motifs is 5. The molecule has 6 atom stereocenters. The molecule has 6 unspecified atom stereocenters. The smallest absolute Gasteiger partial charge is 0 e. The normalized spacial score (nSPS) is 25.1. The van der Waals surface area contributed by atoms with Crippen molar-refractivity contribution in [3.8, 4) is 0 Å². The Kier molecular flexibility index (Phi) is 17.7. The maximum Gasteiger partial charge on any atom is 0 e. The summed E-state index contributed by atoms with van der Waals surface area (Å²) in [5.74, 6) is 8.21. The molecule has 0 aliphatic carbocycles. The second kappa shape index (κ2) is 20.8. The number of hydrogen-bond donors (Lipinski definition) is 0. The molecule has 4 aliphatic rings. The van der Waals surface area contributed by atoms with Crippen LogP contribution in [0.3, 0.4) is 0 Å². The van der Waals surface area contributed by atoms with Gasteiger partial charge in [-0.1, -0.05) is 98.3 Å². The third kappa shape index (κ3) is 10.5. The van der Waals surface area contributed by atoms with Crippen molar-refractivity contribution in [2.45, 2.75) is 85.2 Å². The number of halogens is 3. The standard InChI is InChI=1S/C24H26P2.C12H13P.C10H14.3ClH.2Ru/c1-16-15-25(19-11-7-5-8-12-19)23-21-17(2)18(3)22(24(16,23)4)26(21)20-13-9-6-10-14-20;1-10-8-13(9-11(10)2)12-6-4-3-5-7-12;1-8(2)10-6-4-9(3)5-7-10;;;;;/h5-15,21-23H,1-4H3;3-9H,1-2H3;4-8H,1-3H3;3*1H;;/q;;;;;;;+3/p+3. The van der Waals surface area contributed by atoms with E-state index in [1.165, 1.54) is 27.6 Å². The van der Waals surface area contributed by atoms with E-state index in [1.807, 2.05) is 0 Å². The van der Waals surface area contributed by atoms with Gasteiger partial charge in [0, 0.05) is 19.5 Å². The topological polar surface area (TPSA) is 0 Å². The van der Waals surface area contributed by atoms with Gasteiger partial charge in [0.1, 0.15) is 22.3 Å². The van der Waals surface area contributed by atoms with Crippen LogP contribution >= 0.6 is 23.8 Å². The molecule has 4 aromatic carbocycles. The number of benzene rings is 4. The van der Waals surface area contributed by atoms with E-state index in [9.17, 15) is 0 Å². The zero-order valence-corrected chi connectivity index (χ0v) is 41.9. The van der Waals surface area contributed by atoms with E-state index >= 15 is 0 Å². The first-order valence-electron chi connectivity index (χ1n) is 18.5. The van der Waals surface area contributed by atoms with Gasteiger partial charge in [-0.25, -0.2) is 0 Å². The van der Waals surface area contributed by atoms with Gasteiger partial charge in [-0.2, -0.15) is 0 Å².